The topological polar surface area (TPSA) is 0 Å². The molecule has 0 radical (unpaired) electrons. The lowest BCUT2D eigenvalue weighted by atomic mass is 10.2. The molecule has 11 heavy (non-hydrogen) atoms. The van der Waals surface area contributed by atoms with Crippen molar-refractivity contribution in [3.8, 4) is 0 Å². The summed E-state index contributed by atoms with van der Waals surface area (Å²) in [7, 11) is 0. The summed E-state index contributed by atoms with van der Waals surface area (Å²) in [5.41, 5.74) is 0.632. The van der Waals surface area contributed by atoms with Crippen molar-refractivity contribution in [1.29, 1.82) is 0 Å². The van der Waals surface area contributed by atoms with Gasteiger partial charge in [-0.1, -0.05) is 28.1 Å². The molecule has 0 aromatic heterocycles. The predicted molar refractivity (Wildman–Crippen MR) is 44.0 cm³/mol. The van der Waals surface area contributed by atoms with Crippen molar-refractivity contribution in [2.24, 2.45) is 0 Å². The molecule has 1 unspecified atom stereocenters. The molecule has 0 fully saturated rings. The lowest BCUT2D eigenvalue weighted by Crippen LogP contribution is -1.91. The van der Waals surface area contributed by atoms with Crippen LogP contribution in [0, 0.1) is 5.82 Å². The third-order valence-electron chi connectivity index (χ3n) is 1.35. The Labute approximate surface area is 72.4 Å². The molecule has 0 N–H and O–H groups in total. The highest BCUT2D eigenvalue weighted by molar-refractivity contribution is 9.09. The Morgan fingerprint density at radius 2 is 2.18 bits per heavy atom. The zero-order valence-corrected chi connectivity index (χ0v) is 7.31. The monoisotopic (exact) mass is 220 g/mol. The van der Waals surface area contributed by atoms with Gasteiger partial charge in [-0.3, -0.25) is 0 Å². The van der Waals surface area contributed by atoms with Crippen LogP contribution in [0.4, 0.5) is 8.78 Å². The van der Waals surface area contributed by atoms with Crippen LogP contribution in [0.25, 0.3) is 0 Å². The van der Waals surface area contributed by atoms with Crippen LogP contribution in [-0.4, -0.2) is 6.67 Å². The molecule has 1 aromatic rings. The van der Waals surface area contributed by atoms with Gasteiger partial charge in [-0.2, -0.15) is 0 Å². The van der Waals surface area contributed by atoms with Crippen molar-refractivity contribution in [2.45, 2.75) is 4.83 Å². The van der Waals surface area contributed by atoms with Crippen LogP contribution in [0.2, 0.25) is 0 Å². The molecule has 0 spiro atoms. The quantitative estimate of drug-likeness (QED) is 0.672. The Kier molecular flexibility index (Phi) is 3.00. The van der Waals surface area contributed by atoms with Crippen molar-refractivity contribution >= 4 is 15.9 Å². The minimum atomic E-state index is -0.524. The summed E-state index contributed by atoms with van der Waals surface area (Å²) in [5, 5.41) is 0. The standard InChI is InChI=1S/C8H7BrF2/c9-8(5-10)6-2-1-3-7(11)4-6/h1-4,8H,5H2. The van der Waals surface area contributed by atoms with Gasteiger partial charge in [0.15, 0.2) is 0 Å². The van der Waals surface area contributed by atoms with Crippen LogP contribution >= 0.6 is 15.9 Å². The Hall–Kier alpha value is -0.440. The van der Waals surface area contributed by atoms with Crippen LogP contribution in [0.15, 0.2) is 24.3 Å². The van der Waals surface area contributed by atoms with E-state index in [4.69, 9.17) is 0 Å². The second-order valence-electron chi connectivity index (χ2n) is 2.18. The summed E-state index contributed by atoms with van der Waals surface area (Å²) < 4.78 is 24.6. The lowest BCUT2D eigenvalue weighted by Gasteiger charge is -2.03. The zero-order chi connectivity index (χ0) is 8.27. The molecule has 0 aliphatic rings. The highest BCUT2D eigenvalue weighted by Gasteiger charge is 2.06. The Bertz CT molecular complexity index is 237. The van der Waals surface area contributed by atoms with Crippen molar-refractivity contribution in [1.82, 2.24) is 0 Å². The van der Waals surface area contributed by atoms with Crippen LogP contribution < -0.4 is 0 Å². The van der Waals surface area contributed by atoms with Gasteiger partial charge < -0.3 is 0 Å². The highest BCUT2D eigenvalue weighted by Crippen LogP contribution is 2.23. The number of hydrogen-bond donors (Lipinski definition) is 0. The summed E-state index contributed by atoms with van der Waals surface area (Å²) in [6.45, 7) is -0.524. The van der Waals surface area contributed by atoms with Crippen LogP contribution in [-0.2, 0) is 0 Å². The van der Waals surface area contributed by atoms with Crippen molar-refractivity contribution in [3.05, 3.63) is 35.6 Å². The molecule has 0 saturated heterocycles. The van der Waals surface area contributed by atoms with Crippen molar-refractivity contribution in [3.63, 3.8) is 0 Å². The van der Waals surface area contributed by atoms with Gasteiger partial charge in [-0.25, -0.2) is 8.78 Å². The van der Waals surface area contributed by atoms with Gasteiger partial charge in [0.1, 0.15) is 12.5 Å². The molecule has 3 heteroatoms. The molecule has 0 bridgehead atoms. The lowest BCUT2D eigenvalue weighted by molar-refractivity contribution is 0.492. The molecule has 0 aliphatic carbocycles. The maximum absolute atomic E-state index is 12.5. The number of halogens is 3. The molecular formula is C8H7BrF2. The van der Waals surface area contributed by atoms with E-state index in [9.17, 15) is 8.78 Å². The summed E-state index contributed by atoms with van der Waals surface area (Å²) in [6.07, 6.45) is 0. The summed E-state index contributed by atoms with van der Waals surface area (Å²) in [6, 6.07) is 5.90. The minimum absolute atomic E-state index is 0.333. The third-order valence-corrected chi connectivity index (χ3v) is 2.12. The van der Waals surface area contributed by atoms with Crippen LogP contribution in [0.1, 0.15) is 10.4 Å². The second-order valence-corrected chi connectivity index (χ2v) is 3.28. The number of rotatable bonds is 2. The van der Waals surface area contributed by atoms with E-state index in [-0.39, 0.29) is 5.82 Å². The number of benzene rings is 1. The predicted octanol–water partition coefficient (Wildman–Crippen LogP) is 3.23. The molecule has 1 rings (SSSR count). The van der Waals surface area contributed by atoms with Gasteiger partial charge in [0.2, 0.25) is 0 Å². The highest BCUT2D eigenvalue weighted by atomic mass is 79.9. The molecule has 1 aromatic carbocycles. The van der Waals surface area contributed by atoms with Gasteiger partial charge in [0.25, 0.3) is 0 Å². The summed E-state index contributed by atoms with van der Waals surface area (Å²) in [5.74, 6) is -0.333. The third kappa shape index (κ3) is 2.26. The molecule has 0 nitrogen and oxygen atoms in total. The van der Waals surface area contributed by atoms with Crippen molar-refractivity contribution < 1.29 is 8.78 Å². The molecular weight excluding hydrogens is 214 g/mol. The second kappa shape index (κ2) is 3.81. The van der Waals surface area contributed by atoms with Gasteiger partial charge in [0.05, 0.1) is 4.83 Å². The molecule has 1 atom stereocenters. The van der Waals surface area contributed by atoms with E-state index < -0.39 is 11.5 Å². The number of alkyl halides is 2. The first kappa shape index (κ1) is 8.65. The average Bonchev–Trinajstić information content (AvgIpc) is 2.03. The van der Waals surface area contributed by atoms with Gasteiger partial charge in [-0.15, -0.1) is 0 Å². The summed E-state index contributed by atoms with van der Waals surface area (Å²) >= 11 is 3.08. The fraction of sp³-hybridized carbons (Fsp3) is 0.250. The van der Waals surface area contributed by atoms with E-state index in [1.165, 1.54) is 12.1 Å². The normalized spacial score (nSPS) is 13.0. The van der Waals surface area contributed by atoms with E-state index in [2.05, 4.69) is 15.9 Å². The first-order valence-electron chi connectivity index (χ1n) is 3.19. The van der Waals surface area contributed by atoms with Gasteiger partial charge in [-0.05, 0) is 17.7 Å². The maximum atomic E-state index is 12.5. The SMILES string of the molecule is FCC(Br)c1cccc(F)c1. The Morgan fingerprint density at radius 1 is 1.45 bits per heavy atom. The fourth-order valence-corrected chi connectivity index (χ4v) is 1.08. The molecule has 0 heterocycles. The minimum Gasteiger partial charge on any atom is -0.250 e. The van der Waals surface area contributed by atoms with Gasteiger partial charge in [0, 0.05) is 0 Å². The molecule has 0 saturated carbocycles. The molecule has 0 amide bonds. The largest absolute Gasteiger partial charge is 0.250 e. The molecule has 60 valence electrons. The Morgan fingerprint density at radius 3 is 2.73 bits per heavy atom. The van der Waals surface area contributed by atoms with Crippen molar-refractivity contribution in [2.75, 3.05) is 6.67 Å². The van der Waals surface area contributed by atoms with Crippen LogP contribution in [0.3, 0.4) is 0 Å². The number of hydrogen-bond acceptors (Lipinski definition) is 0. The van der Waals surface area contributed by atoms with E-state index in [1.807, 2.05) is 0 Å². The Balaban J connectivity index is 2.86. The molecule has 0 aliphatic heterocycles. The first-order valence-corrected chi connectivity index (χ1v) is 4.11. The zero-order valence-electron chi connectivity index (χ0n) is 5.73. The fourth-order valence-electron chi connectivity index (χ4n) is 0.791. The van der Waals surface area contributed by atoms with E-state index in [1.54, 1.807) is 12.1 Å². The smallest absolute Gasteiger partial charge is 0.123 e. The summed E-state index contributed by atoms with van der Waals surface area (Å²) in [4.78, 5) is -0.391. The first-order chi connectivity index (χ1) is 5.24. The van der Waals surface area contributed by atoms with E-state index in [0.717, 1.165) is 0 Å². The van der Waals surface area contributed by atoms with Gasteiger partial charge >= 0.3 is 0 Å². The van der Waals surface area contributed by atoms with Crippen LogP contribution in [0.5, 0.6) is 0 Å². The van der Waals surface area contributed by atoms with E-state index in [0.29, 0.717) is 5.56 Å². The van der Waals surface area contributed by atoms with E-state index >= 15 is 0 Å². The maximum Gasteiger partial charge on any atom is 0.123 e. The average molecular weight is 221 g/mol.